The predicted molar refractivity (Wildman–Crippen MR) is 81.9 cm³/mol. The SMILES string of the molecule is O=C(NCCCN1CCCC1=O)c1ccccc1I. The maximum absolute atomic E-state index is 11.9. The first-order valence-corrected chi connectivity index (χ1v) is 7.57. The van der Waals surface area contributed by atoms with Crippen LogP contribution >= 0.6 is 22.6 Å². The van der Waals surface area contributed by atoms with E-state index in [9.17, 15) is 9.59 Å². The van der Waals surface area contributed by atoms with Gasteiger partial charge in [0, 0.05) is 29.6 Å². The van der Waals surface area contributed by atoms with E-state index < -0.39 is 0 Å². The van der Waals surface area contributed by atoms with Gasteiger partial charge in [-0.1, -0.05) is 12.1 Å². The Morgan fingerprint density at radius 2 is 2.16 bits per heavy atom. The van der Waals surface area contributed by atoms with Crippen molar-refractivity contribution in [1.82, 2.24) is 10.2 Å². The number of benzene rings is 1. The van der Waals surface area contributed by atoms with Crippen molar-refractivity contribution in [3.63, 3.8) is 0 Å². The van der Waals surface area contributed by atoms with Crippen LogP contribution < -0.4 is 5.32 Å². The smallest absolute Gasteiger partial charge is 0.252 e. The third-order valence-corrected chi connectivity index (χ3v) is 4.12. The summed E-state index contributed by atoms with van der Waals surface area (Å²) in [6.45, 7) is 2.21. The van der Waals surface area contributed by atoms with Gasteiger partial charge in [0.05, 0.1) is 5.56 Å². The third kappa shape index (κ3) is 3.92. The zero-order valence-corrected chi connectivity index (χ0v) is 12.9. The minimum atomic E-state index is -0.0438. The van der Waals surface area contributed by atoms with E-state index in [1.54, 1.807) is 0 Å². The largest absolute Gasteiger partial charge is 0.352 e. The summed E-state index contributed by atoms with van der Waals surface area (Å²) < 4.78 is 0.951. The molecule has 1 N–H and O–H groups in total. The summed E-state index contributed by atoms with van der Waals surface area (Å²) in [6.07, 6.45) is 2.45. The van der Waals surface area contributed by atoms with Gasteiger partial charge in [-0.05, 0) is 47.6 Å². The van der Waals surface area contributed by atoms with Crippen molar-refractivity contribution in [3.05, 3.63) is 33.4 Å². The van der Waals surface area contributed by atoms with E-state index in [4.69, 9.17) is 0 Å². The second-order valence-corrected chi connectivity index (χ2v) is 5.74. The van der Waals surface area contributed by atoms with Crippen LogP contribution in [-0.4, -0.2) is 36.3 Å². The fourth-order valence-corrected chi connectivity index (χ4v) is 2.79. The first kappa shape index (κ1) is 14.3. The lowest BCUT2D eigenvalue weighted by Gasteiger charge is -2.15. The molecule has 0 aromatic heterocycles. The Balaban J connectivity index is 1.72. The maximum atomic E-state index is 11.9. The topological polar surface area (TPSA) is 49.4 Å². The molecule has 1 aromatic carbocycles. The zero-order valence-electron chi connectivity index (χ0n) is 10.7. The van der Waals surface area contributed by atoms with Crippen molar-refractivity contribution in [2.45, 2.75) is 19.3 Å². The number of rotatable bonds is 5. The van der Waals surface area contributed by atoms with Crippen LogP contribution in [0, 0.1) is 3.57 Å². The average molecular weight is 372 g/mol. The van der Waals surface area contributed by atoms with Gasteiger partial charge in [0.15, 0.2) is 0 Å². The molecule has 1 fully saturated rings. The first-order valence-electron chi connectivity index (χ1n) is 6.49. The van der Waals surface area contributed by atoms with Gasteiger partial charge in [0.1, 0.15) is 0 Å². The van der Waals surface area contributed by atoms with Crippen LogP contribution in [-0.2, 0) is 4.79 Å². The molecule has 0 spiro atoms. The molecule has 1 heterocycles. The molecule has 0 saturated carbocycles. The summed E-state index contributed by atoms with van der Waals surface area (Å²) in [5.74, 6) is 0.196. The van der Waals surface area contributed by atoms with E-state index in [0.717, 1.165) is 29.5 Å². The lowest BCUT2D eigenvalue weighted by molar-refractivity contribution is -0.127. The molecule has 4 nitrogen and oxygen atoms in total. The summed E-state index contributed by atoms with van der Waals surface area (Å²) in [5, 5.41) is 2.90. The Morgan fingerprint density at radius 1 is 1.37 bits per heavy atom. The lowest BCUT2D eigenvalue weighted by atomic mass is 10.2. The monoisotopic (exact) mass is 372 g/mol. The molecule has 0 unspecified atom stereocenters. The van der Waals surface area contributed by atoms with Gasteiger partial charge in [-0.15, -0.1) is 0 Å². The molecule has 0 atom stereocenters. The Hall–Kier alpha value is -1.11. The van der Waals surface area contributed by atoms with Crippen LogP contribution in [0.25, 0.3) is 0 Å². The molecule has 2 amide bonds. The minimum Gasteiger partial charge on any atom is -0.352 e. The van der Waals surface area contributed by atoms with Crippen molar-refractivity contribution in [3.8, 4) is 0 Å². The van der Waals surface area contributed by atoms with Gasteiger partial charge >= 0.3 is 0 Å². The fraction of sp³-hybridized carbons (Fsp3) is 0.429. The van der Waals surface area contributed by atoms with Crippen LogP contribution in [0.5, 0.6) is 0 Å². The second-order valence-electron chi connectivity index (χ2n) is 4.57. The number of halogens is 1. The van der Waals surface area contributed by atoms with Crippen molar-refractivity contribution in [2.75, 3.05) is 19.6 Å². The molecular formula is C14H17IN2O2. The zero-order chi connectivity index (χ0) is 13.7. The lowest BCUT2D eigenvalue weighted by Crippen LogP contribution is -2.30. The van der Waals surface area contributed by atoms with Gasteiger partial charge in [0.2, 0.25) is 5.91 Å². The highest BCUT2D eigenvalue weighted by Gasteiger charge is 2.19. The first-order chi connectivity index (χ1) is 9.18. The van der Waals surface area contributed by atoms with Gasteiger partial charge in [-0.3, -0.25) is 9.59 Å². The number of carbonyl (C=O) groups is 2. The molecular weight excluding hydrogens is 355 g/mol. The summed E-state index contributed by atoms with van der Waals surface area (Å²) >= 11 is 2.16. The Kier molecular flexibility index (Phi) is 5.18. The van der Waals surface area contributed by atoms with Gasteiger partial charge in [-0.2, -0.15) is 0 Å². The quantitative estimate of drug-likeness (QED) is 0.635. The van der Waals surface area contributed by atoms with E-state index >= 15 is 0 Å². The van der Waals surface area contributed by atoms with Crippen LogP contribution in [0.1, 0.15) is 29.6 Å². The molecule has 5 heteroatoms. The van der Waals surface area contributed by atoms with Crippen molar-refractivity contribution < 1.29 is 9.59 Å². The summed E-state index contributed by atoms with van der Waals surface area (Å²) in [4.78, 5) is 25.2. The predicted octanol–water partition coefficient (Wildman–Crippen LogP) is 2.03. The van der Waals surface area contributed by atoms with Crippen LogP contribution in [0.4, 0.5) is 0 Å². The molecule has 19 heavy (non-hydrogen) atoms. The number of carbonyl (C=O) groups excluding carboxylic acids is 2. The van der Waals surface area contributed by atoms with Gasteiger partial charge in [-0.25, -0.2) is 0 Å². The van der Waals surface area contributed by atoms with E-state index in [-0.39, 0.29) is 11.8 Å². The van der Waals surface area contributed by atoms with Crippen LogP contribution in [0.2, 0.25) is 0 Å². The molecule has 0 bridgehead atoms. The van der Waals surface area contributed by atoms with Crippen LogP contribution in [0.15, 0.2) is 24.3 Å². The standard InChI is InChI=1S/C14H17IN2O2/c15-12-6-2-1-5-11(12)14(19)16-8-4-10-17-9-3-7-13(17)18/h1-2,5-6H,3-4,7-10H2,(H,16,19). The molecule has 0 radical (unpaired) electrons. The third-order valence-electron chi connectivity index (χ3n) is 3.18. The Labute approximate surface area is 126 Å². The Bertz CT molecular complexity index is 476. The summed E-state index contributed by atoms with van der Waals surface area (Å²) in [7, 11) is 0. The summed E-state index contributed by atoms with van der Waals surface area (Å²) in [5.41, 5.74) is 0.709. The number of amides is 2. The van der Waals surface area contributed by atoms with E-state index in [1.807, 2.05) is 29.2 Å². The Morgan fingerprint density at radius 3 is 2.84 bits per heavy atom. The molecule has 2 rings (SSSR count). The van der Waals surface area contributed by atoms with E-state index in [2.05, 4.69) is 27.9 Å². The minimum absolute atomic E-state index is 0.0438. The molecule has 102 valence electrons. The van der Waals surface area contributed by atoms with Crippen LogP contribution in [0.3, 0.4) is 0 Å². The van der Waals surface area contributed by atoms with E-state index in [0.29, 0.717) is 18.5 Å². The number of hydrogen-bond donors (Lipinski definition) is 1. The van der Waals surface area contributed by atoms with E-state index in [1.165, 1.54) is 0 Å². The van der Waals surface area contributed by atoms with Crippen molar-refractivity contribution in [1.29, 1.82) is 0 Å². The number of likely N-dealkylation sites (tertiary alicyclic amines) is 1. The highest BCUT2D eigenvalue weighted by molar-refractivity contribution is 14.1. The highest BCUT2D eigenvalue weighted by Crippen LogP contribution is 2.11. The average Bonchev–Trinajstić information content (AvgIpc) is 2.80. The fourth-order valence-electron chi connectivity index (χ4n) is 2.15. The van der Waals surface area contributed by atoms with Crippen molar-refractivity contribution >= 4 is 34.4 Å². The molecule has 1 saturated heterocycles. The molecule has 1 aliphatic heterocycles. The van der Waals surface area contributed by atoms with Gasteiger partial charge < -0.3 is 10.2 Å². The molecule has 1 aromatic rings. The number of hydrogen-bond acceptors (Lipinski definition) is 2. The number of nitrogens with one attached hydrogen (secondary N) is 1. The molecule has 1 aliphatic rings. The normalized spacial score (nSPS) is 14.8. The number of nitrogens with zero attached hydrogens (tertiary/aromatic N) is 1. The summed E-state index contributed by atoms with van der Waals surface area (Å²) in [6, 6.07) is 7.51. The highest BCUT2D eigenvalue weighted by atomic mass is 127. The van der Waals surface area contributed by atoms with Gasteiger partial charge in [0.25, 0.3) is 5.91 Å². The van der Waals surface area contributed by atoms with Crippen molar-refractivity contribution in [2.24, 2.45) is 0 Å². The maximum Gasteiger partial charge on any atom is 0.252 e. The molecule has 0 aliphatic carbocycles. The second kappa shape index (κ2) is 6.88.